The Morgan fingerprint density at radius 2 is 2.42 bits per heavy atom. The molecule has 2 N–H and O–H groups in total. The van der Waals surface area contributed by atoms with E-state index in [9.17, 15) is 9.59 Å². The molecule has 1 aromatic heterocycles. The van der Waals surface area contributed by atoms with Crippen molar-refractivity contribution in [2.24, 2.45) is 0 Å². The van der Waals surface area contributed by atoms with E-state index in [1.807, 2.05) is 0 Å². The highest BCUT2D eigenvalue weighted by molar-refractivity contribution is 5.85. The quantitative estimate of drug-likeness (QED) is 0.599. The molecule has 0 radical (unpaired) electrons. The number of aromatic amines is 1. The topological polar surface area (TPSA) is 83.0 Å². The van der Waals surface area contributed by atoms with Gasteiger partial charge in [0.05, 0.1) is 11.9 Å². The van der Waals surface area contributed by atoms with E-state index in [-0.39, 0.29) is 11.1 Å². The zero-order chi connectivity index (χ0) is 8.97. The van der Waals surface area contributed by atoms with Crippen LogP contribution in [0.4, 0.5) is 0 Å². The molecule has 12 heavy (non-hydrogen) atoms. The normalized spacial score (nSPS) is 10.3. The Hall–Kier alpha value is -1.91. The molecule has 1 rings (SSSR count). The predicted octanol–water partition coefficient (Wildman–Crippen LogP) is -0.132. The molecule has 0 atom stereocenters. The summed E-state index contributed by atoms with van der Waals surface area (Å²) in [5.74, 6) is -1.10. The molecule has 0 amide bonds. The molecular formula is C7H6N2O3. The Labute approximate surface area is 67.4 Å². The monoisotopic (exact) mass is 166 g/mol. The molecule has 5 heteroatoms. The van der Waals surface area contributed by atoms with E-state index in [1.165, 1.54) is 18.6 Å². The summed E-state index contributed by atoms with van der Waals surface area (Å²) in [5.41, 5.74) is -0.137. The number of aromatic nitrogens is 2. The van der Waals surface area contributed by atoms with Crippen LogP contribution in [0.25, 0.3) is 6.08 Å². The second kappa shape index (κ2) is 3.47. The second-order valence-corrected chi connectivity index (χ2v) is 2.01. The molecule has 0 aromatic carbocycles. The largest absolute Gasteiger partial charge is 0.478 e. The minimum absolute atomic E-state index is 0.222. The molecule has 1 aromatic rings. The van der Waals surface area contributed by atoms with Gasteiger partial charge in [-0.15, -0.1) is 0 Å². The van der Waals surface area contributed by atoms with Gasteiger partial charge >= 0.3 is 5.97 Å². The Morgan fingerprint density at radius 1 is 1.67 bits per heavy atom. The number of hydrogen-bond donors (Lipinski definition) is 2. The minimum Gasteiger partial charge on any atom is -0.478 e. The first kappa shape index (κ1) is 8.19. The van der Waals surface area contributed by atoms with Crippen LogP contribution >= 0.6 is 0 Å². The van der Waals surface area contributed by atoms with Gasteiger partial charge in [-0.3, -0.25) is 4.79 Å². The van der Waals surface area contributed by atoms with E-state index in [4.69, 9.17) is 5.11 Å². The maximum absolute atomic E-state index is 10.9. The van der Waals surface area contributed by atoms with Crippen molar-refractivity contribution in [1.82, 2.24) is 9.97 Å². The number of rotatable bonds is 2. The Morgan fingerprint density at radius 3 is 3.00 bits per heavy atom. The number of H-pyrrole nitrogens is 1. The van der Waals surface area contributed by atoms with Crippen molar-refractivity contribution in [2.45, 2.75) is 0 Å². The van der Waals surface area contributed by atoms with Gasteiger partial charge in [0, 0.05) is 12.3 Å². The fourth-order valence-electron chi connectivity index (χ4n) is 0.635. The van der Waals surface area contributed by atoms with E-state index >= 15 is 0 Å². The summed E-state index contributed by atoms with van der Waals surface area (Å²) in [5, 5.41) is 8.25. The van der Waals surface area contributed by atoms with Gasteiger partial charge < -0.3 is 10.1 Å². The standard InChI is InChI=1S/C7H6N2O3/c10-6(11)2-1-5-3-8-4-9-7(5)12/h1-4H,(H,10,11)(H,8,9,12)/b2-1+. The first-order valence-corrected chi connectivity index (χ1v) is 3.14. The SMILES string of the molecule is O=C(O)/C=C/c1cnc[nH]c1=O. The molecular weight excluding hydrogens is 160 g/mol. The van der Waals surface area contributed by atoms with Gasteiger partial charge in [0.15, 0.2) is 0 Å². The molecule has 0 aliphatic carbocycles. The highest BCUT2D eigenvalue weighted by Gasteiger charge is 1.93. The molecule has 0 aliphatic rings. The summed E-state index contributed by atoms with van der Waals surface area (Å²) in [6.07, 6.45) is 4.60. The van der Waals surface area contributed by atoms with E-state index in [1.54, 1.807) is 0 Å². The fraction of sp³-hybridized carbons (Fsp3) is 0. The van der Waals surface area contributed by atoms with Crippen LogP contribution in [0.15, 0.2) is 23.4 Å². The lowest BCUT2D eigenvalue weighted by atomic mass is 10.3. The lowest BCUT2D eigenvalue weighted by Gasteiger charge is -1.87. The van der Waals surface area contributed by atoms with Crippen molar-refractivity contribution in [3.05, 3.63) is 34.5 Å². The zero-order valence-electron chi connectivity index (χ0n) is 6.02. The summed E-state index contributed by atoms with van der Waals surface area (Å²) >= 11 is 0. The average Bonchev–Trinajstić information content (AvgIpc) is 2.03. The van der Waals surface area contributed by atoms with Gasteiger partial charge in [0.2, 0.25) is 0 Å². The molecule has 1 heterocycles. The third-order valence-corrected chi connectivity index (χ3v) is 1.15. The zero-order valence-corrected chi connectivity index (χ0v) is 6.02. The number of aliphatic carboxylic acids is 1. The molecule has 0 unspecified atom stereocenters. The number of carboxylic acid groups (broad SMARTS) is 1. The summed E-state index contributed by atoms with van der Waals surface area (Å²) in [6.45, 7) is 0. The third-order valence-electron chi connectivity index (χ3n) is 1.15. The van der Waals surface area contributed by atoms with Crippen molar-refractivity contribution in [2.75, 3.05) is 0 Å². The molecule has 0 fully saturated rings. The molecule has 0 spiro atoms. The van der Waals surface area contributed by atoms with Crippen LogP contribution in [0.5, 0.6) is 0 Å². The molecule has 0 saturated carbocycles. The van der Waals surface area contributed by atoms with Crippen molar-refractivity contribution in [3.8, 4) is 0 Å². The summed E-state index contributed by atoms with van der Waals surface area (Å²) in [7, 11) is 0. The van der Waals surface area contributed by atoms with Gasteiger partial charge in [-0.25, -0.2) is 9.78 Å². The number of carbonyl (C=O) groups is 1. The van der Waals surface area contributed by atoms with Crippen LogP contribution in [-0.2, 0) is 4.79 Å². The minimum atomic E-state index is -1.10. The van der Waals surface area contributed by atoms with Crippen LogP contribution in [-0.4, -0.2) is 21.0 Å². The first-order valence-electron chi connectivity index (χ1n) is 3.14. The van der Waals surface area contributed by atoms with Crippen LogP contribution in [0.3, 0.4) is 0 Å². The third kappa shape index (κ3) is 2.05. The van der Waals surface area contributed by atoms with Crippen molar-refractivity contribution in [1.29, 1.82) is 0 Å². The van der Waals surface area contributed by atoms with Gasteiger partial charge in [-0.2, -0.15) is 0 Å². The van der Waals surface area contributed by atoms with Gasteiger partial charge in [-0.05, 0) is 6.08 Å². The maximum Gasteiger partial charge on any atom is 0.328 e. The van der Waals surface area contributed by atoms with E-state index in [0.29, 0.717) is 0 Å². The number of hydrogen-bond acceptors (Lipinski definition) is 3. The Balaban J connectivity index is 2.97. The van der Waals surface area contributed by atoms with E-state index < -0.39 is 5.97 Å². The van der Waals surface area contributed by atoms with Crippen LogP contribution in [0.2, 0.25) is 0 Å². The van der Waals surface area contributed by atoms with Gasteiger partial charge in [-0.1, -0.05) is 0 Å². The smallest absolute Gasteiger partial charge is 0.328 e. The van der Waals surface area contributed by atoms with Crippen LogP contribution < -0.4 is 5.56 Å². The van der Waals surface area contributed by atoms with E-state index in [2.05, 4.69) is 9.97 Å². The summed E-state index contributed by atoms with van der Waals surface area (Å²) in [4.78, 5) is 26.9. The van der Waals surface area contributed by atoms with Crippen molar-refractivity contribution < 1.29 is 9.90 Å². The van der Waals surface area contributed by atoms with Gasteiger partial charge in [0.25, 0.3) is 5.56 Å². The number of carboxylic acids is 1. The van der Waals surface area contributed by atoms with Crippen molar-refractivity contribution >= 4 is 12.0 Å². The van der Waals surface area contributed by atoms with Crippen LogP contribution in [0.1, 0.15) is 5.56 Å². The molecule has 0 bridgehead atoms. The average molecular weight is 166 g/mol. The Bertz CT molecular complexity index is 367. The highest BCUT2D eigenvalue weighted by Crippen LogP contribution is 1.89. The number of nitrogens with one attached hydrogen (secondary N) is 1. The highest BCUT2D eigenvalue weighted by atomic mass is 16.4. The second-order valence-electron chi connectivity index (χ2n) is 2.01. The van der Waals surface area contributed by atoms with Crippen LogP contribution in [0, 0.1) is 0 Å². The molecule has 0 saturated heterocycles. The predicted molar refractivity (Wildman–Crippen MR) is 41.5 cm³/mol. The lowest BCUT2D eigenvalue weighted by molar-refractivity contribution is -0.131. The van der Waals surface area contributed by atoms with Gasteiger partial charge in [0.1, 0.15) is 0 Å². The summed E-state index contributed by atoms with van der Waals surface area (Å²) < 4.78 is 0. The molecule has 62 valence electrons. The Kier molecular flexibility index (Phi) is 2.37. The molecule has 0 aliphatic heterocycles. The van der Waals surface area contributed by atoms with Crippen molar-refractivity contribution in [3.63, 3.8) is 0 Å². The lowest BCUT2D eigenvalue weighted by Crippen LogP contribution is -2.08. The fourth-order valence-corrected chi connectivity index (χ4v) is 0.635. The summed E-state index contributed by atoms with van der Waals surface area (Å²) in [6, 6.07) is 0. The molecule has 5 nitrogen and oxygen atoms in total. The first-order chi connectivity index (χ1) is 5.70. The maximum atomic E-state index is 10.9. The number of nitrogens with zero attached hydrogens (tertiary/aromatic N) is 1. The van der Waals surface area contributed by atoms with E-state index in [0.717, 1.165) is 6.08 Å².